The Morgan fingerprint density at radius 2 is 1.84 bits per heavy atom. The van der Waals surface area contributed by atoms with Crippen LogP contribution in [0, 0.1) is 19.8 Å². The van der Waals surface area contributed by atoms with E-state index >= 15 is 0 Å². The second-order valence-corrected chi connectivity index (χ2v) is 6.98. The molecule has 1 heterocycles. The van der Waals surface area contributed by atoms with Gasteiger partial charge in [-0.3, -0.25) is 9.59 Å². The second-order valence-electron chi connectivity index (χ2n) is 6.98. The fourth-order valence-electron chi connectivity index (χ4n) is 2.68. The van der Waals surface area contributed by atoms with E-state index < -0.39 is 11.5 Å². The van der Waals surface area contributed by atoms with Crippen molar-refractivity contribution in [2.75, 3.05) is 0 Å². The first-order chi connectivity index (χ1) is 11.6. The van der Waals surface area contributed by atoms with Gasteiger partial charge in [-0.1, -0.05) is 13.8 Å². The van der Waals surface area contributed by atoms with Crippen molar-refractivity contribution in [3.05, 3.63) is 47.3 Å². The first kappa shape index (κ1) is 18.7. The van der Waals surface area contributed by atoms with Crippen molar-refractivity contribution in [3.63, 3.8) is 0 Å². The largest absolute Gasteiger partial charge is 0.481 e. The number of carbonyl (C=O) groups excluding carboxylic acids is 1. The number of benzene rings is 1. The molecule has 0 radical (unpaired) electrons. The van der Waals surface area contributed by atoms with E-state index in [0.717, 1.165) is 17.1 Å². The maximum Gasteiger partial charge on any atom is 0.305 e. The lowest BCUT2D eigenvalue weighted by Crippen LogP contribution is -2.51. The quantitative estimate of drug-likeness (QED) is 0.844. The Bertz CT molecular complexity index is 778. The summed E-state index contributed by atoms with van der Waals surface area (Å²) >= 11 is 0. The van der Waals surface area contributed by atoms with Crippen LogP contribution < -0.4 is 5.32 Å². The molecule has 2 rings (SSSR count). The minimum absolute atomic E-state index is 0.0125. The number of hydrogen-bond acceptors (Lipinski definition) is 3. The topological polar surface area (TPSA) is 84.2 Å². The first-order valence-corrected chi connectivity index (χ1v) is 8.30. The van der Waals surface area contributed by atoms with Crippen LogP contribution in [0.1, 0.15) is 48.9 Å². The number of aliphatic carboxylic acids is 1. The van der Waals surface area contributed by atoms with Gasteiger partial charge in [-0.2, -0.15) is 5.10 Å². The van der Waals surface area contributed by atoms with Crippen molar-refractivity contribution >= 4 is 11.9 Å². The Morgan fingerprint density at radius 3 is 2.28 bits per heavy atom. The standard InChI is InChI=1S/C19H25N3O3/c1-12(2)19(5,11-17(23)24)20-18(25)15-6-8-16(9-7-15)22-14(4)10-13(3)21-22/h6-10,12H,11H2,1-5H3,(H,20,25)(H,23,24). The van der Waals surface area contributed by atoms with E-state index in [4.69, 9.17) is 5.11 Å². The zero-order valence-corrected chi connectivity index (χ0v) is 15.3. The molecule has 0 aliphatic heterocycles. The molecule has 0 bridgehead atoms. The highest BCUT2D eigenvalue weighted by Gasteiger charge is 2.33. The highest BCUT2D eigenvalue weighted by molar-refractivity contribution is 5.95. The van der Waals surface area contributed by atoms with Gasteiger partial charge >= 0.3 is 5.97 Å². The summed E-state index contributed by atoms with van der Waals surface area (Å²) in [6, 6.07) is 9.10. The Morgan fingerprint density at radius 1 is 1.24 bits per heavy atom. The van der Waals surface area contributed by atoms with Crippen LogP contribution in [0.25, 0.3) is 5.69 Å². The first-order valence-electron chi connectivity index (χ1n) is 8.30. The Balaban J connectivity index is 2.20. The maximum absolute atomic E-state index is 12.5. The zero-order chi connectivity index (χ0) is 18.8. The highest BCUT2D eigenvalue weighted by atomic mass is 16.4. The summed E-state index contributed by atoms with van der Waals surface area (Å²) in [4.78, 5) is 23.7. The molecular weight excluding hydrogens is 318 g/mol. The molecular formula is C19H25N3O3. The third-order valence-electron chi connectivity index (χ3n) is 4.58. The van der Waals surface area contributed by atoms with E-state index in [2.05, 4.69) is 10.4 Å². The molecule has 1 aromatic heterocycles. The number of carboxylic acids is 1. The minimum Gasteiger partial charge on any atom is -0.481 e. The molecule has 134 valence electrons. The smallest absolute Gasteiger partial charge is 0.305 e. The summed E-state index contributed by atoms with van der Waals surface area (Å²) in [5, 5.41) is 16.4. The average Bonchev–Trinajstić information content (AvgIpc) is 2.85. The molecule has 1 unspecified atom stereocenters. The summed E-state index contributed by atoms with van der Waals surface area (Å²) in [7, 11) is 0. The molecule has 2 aromatic rings. The number of nitrogens with zero attached hydrogens (tertiary/aromatic N) is 2. The van der Waals surface area contributed by atoms with Crippen molar-refractivity contribution in [2.45, 2.75) is 46.6 Å². The van der Waals surface area contributed by atoms with E-state index in [1.165, 1.54) is 0 Å². The number of carbonyl (C=O) groups is 2. The van der Waals surface area contributed by atoms with Gasteiger partial charge in [-0.25, -0.2) is 4.68 Å². The monoisotopic (exact) mass is 343 g/mol. The summed E-state index contributed by atoms with van der Waals surface area (Å²) < 4.78 is 1.82. The van der Waals surface area contributed by atoms with Crippen LogP contribution in [-0.2, 0) is 4.79 Å². The van der Waals surface area contributed by atoms with Gasteiger partial charge in [0.05, 0.1) is 23.3 Å². The zero-order valence-electron chi connectivity index (χ0n) is 15.3. The molecule has 1 amide bonds. The molecule has 2 N–H and O–H groups in total. The molecule has 1 atom stereocenters. The molecule has 6 nitrogen and oxygen atoms in total. The number of aromatic nitrogens is 2. The van der Waals surface area contributed by atoms with Crippen LogP contribution in [0.15, 0.2) is 30.3 Å². The summed E-state index contributed by atoms with van der Waals surface area (Å²) in [6.45, 7) is 9.46. The van der Waals surface area contributed by atoms with Gasteiger partial charge in [-0.15, -0.1) is 0 Å². The molecule has 0 aliphatic carbocycles. The van der Waals surface area contributed by atoms with E-state index in [1.807, 2.05) is 50.6 Å². The molecule has 6 heteroatoms. The summed E-state index contributed by atoms with van der Waals surface area (Å²) in [6.07, 6.45) is -0.125. The Hall–Kier alpha value is -2.63. The van der Waals surface area contributed by atoms with Crippen molar-refractivity contribution < 1.29 is 14.7 Å². The van der Waals surface area contributed by atoms with Crippen molar-refractivity contribution in [3.8, 4) is 5.69 Å². The Kier molecular flexibility index (Phi) is 5.30. The van der Waals surface area contributed by atoms with E-state index in [0.29, 0.717) is 5.56 Å². The predicted molar refractivity (Wildman–Crippen MR) is 96.0 cm³/mol. The van der Waals surface area contributed by atoms with Crippen LogP contribution >= 0.6 is 0 Å². The number of carboxylic acid groups (broad SMARTS) is 1. The number of rotatable bonds is 6. The maximum atomic E-state index is 12.5. The lowest BCUT2D eigenvalue weighted by Gasteiger charge is -2.33. The van der Waals surface area contributed by atoms with Gasteiger partial charge in [0, 0.05) is 11.3 Å². The summed E-state index contributed by atoms with van der Waals surface area (Å²) in [5.74, 6) is -1.23. The third-order valence-corrected chi connectivity index (χ3v) is 4.58. The van der Waals surface area contributed by atoms with Crippen molar-refractivity contribution in [2.24, 2.45) is 5.92 Å². The second kappa shape index (κ2) is 7.09. The van der Waals surface area contributed by atoms with Gasteiger partial charge in [0.1, 0.15) is 0 Å². The molecule has 0 spiro atoms. The SMILES string of the molecule is Cc1cc(C)n(-c2ccc(C(=O)NC(C)(CC(=O)O)C(C)C)cc2)n1. The van der Waals surface area contributed by atoms with Gasteiger partial charge in [0.2, 0.25) is 0 Å². The molecule has 0 fully saturated rings. The van der Waals surface area contributed by atoms with Gasteiger partial charge < -0.3 is 10.4 Å². The average molecular weight is 343 g/mol. The normalized spacial score (nSPS) is 13.5. The minimum atomic E-state index is -0.934. The molecule has 0 saturated carbocycles. The van der Waals surface area contributed by atoms with E-state index in [-0.39, 0.29) is 18.2 Å². The number of aryl methyl sites for hydroxylation is 2. The fraction of sp³-hybridized carbons (Fsp3) is 0.421. The number of nitrogens with one attached hydrogen (secondary N) is 1. The van der Waals surface area contributed by atoms with Crippen molar-refractivity contribution in [1.82, 2.24) is 15.1 Å². The van der Waals surface area contributed by atoms with Gasteiger partial charge in [0.15, 0.2) is 0 Å². The van der Waals surface area contributed by atoms with Gasteiger partial charge in [-0.05, 0) is 57.0 Å². The van der Waals surface area contributed by atoms with Gasteiger partial charge in [0.25, 0.3) is 5.91 Å². The summed E-state index contributed by atoms with van der Waals surface area (Å²) in [5.41, 5.74) is 2.50. The molecule has 25 heavy (non-hydrogen) atoms. The fourth-order valence-corrected chi connectivity index (χ4v) is 2.68. The van der Waals surface area contributed by atoms with Crippen LogP contribution in [-0.4, -0.2) is 32.3 Å². The number of amides is 1. The predicted octanol–water partition coefficient (Wildman–Crippen LogP) is 3.11. The van der Waals surface area contributed by atoms with E-state index in [1.54, 1.807) is 19.1 Å². The highest BCUT2D eigenvalue weighted by Crippen LogP contribution is 2.22. The molecule has 1 aromatic carbocycles. The Labute approximate surface area is 147 Å². The molecule has 0 saturated heterocycles. The van der Waals surface area contributed by atoms with E-state index in [9.17, 15) is 9.59 Å². The lowest BCUT2D eigenvalue weighted by molar-refractivity contribution is -0.138. The third kappa shape index (κ3) is 4.26. The van der Waals surface area contributed by atoms with Crippen LogP contribution in [0.3, 0.4) is 0 Å². The van der Waals surface area contributed by atoms with Crippen LogP contribution in [0.5, 0.6) is 0 Å². The van der Waals surface area contributed by atoms with Crippen molar-refractivity contribution in [1.29, 1.82) is 0 Å². The van der Waals surface area contributed by atoms with Crippen LogP contribution in [0.4, 0.5) is 0 Å². The number of hydrogen-bond donors (Lipinski definition) is 2. The molecule has 0 aliphatic rings. The lowest BCUT2D eigenvalue weighted by atomic mass is 9.85. The van der Waals surface area contributed by atoms with Crippen LogP contribution in [0.2, 0.25) is 0 Å².